The molecule has 2 N–H and O–H groups in total. The van der Waals surface area contributed by atoms with Gasteiger partial charge in [0.1, 0.15) is 24.0 Å². The van der Waals surface area contributed by atoms with Gasteiger partial charge in [-0.05, 0) is 30.2 Å². The van der Waals surface area contributed by atoms with Crippen LogP contribution in [0, 0.1) is 11.8 Å². The molecule has 2 aromatic carbocycles. The van der Waals surface area contributed by atoms with Crippen molar-refractivity contribution in [3.05, 3.63) is 42.5 Å². The van der Waals surface area contributed by atoms with E-state index in [4.69, 9.17) is 15.2 Å². The van der Waals surface area contributed by atoms with Crippen LogP contribution in [0.3, 0.4) is 0 Å². The summed E-state index contributed by atoms with van der Waals surface area (Å²) in [5, 5.41) is 2.17. The van der Waals surface area contributed by atoms with Crippen LogP contribution in [0.2, 0.25) is 0 Å². The zero-order valence-electron chi connectivity index (χ0n) is 15.7. The van der Waals surface area contributed by atoms with Crippen molar-refractivity contribution in [3.8, 4) is 5.75 Å². The largest absolute Gasteiger partial charge is 0.486 e. The maximum Gasteiger partial charge on any atom is 0.323 e. The molecule has 3 atom stereocenters. The summed E-state index contributed by atoms with van der Waals surface area (Å²) in [5.74, 6) is 0.635. The van der Waals surface area contributed by atoms with Gasteiger partial charge in [-0.25, -0.2) is 0 Å². The Balaban J connectivity index is 2.19. The Hall–Kier alpha value is -2.07. The highest BCUT2D eigenvalue weighted by Gasteiger charge is 2.29. The number of hydrogen-bond acceptors (Lipinski definition) is 4. The highest BCUT2D eigenvalue weighted by Crippen LogP contribution is 2.28. The Bertz CT molecular complexity index is 706. The van der Waals surface area contributed by atoms with Gasteiger partial charge in [0.25, 0.3) is 0 Å². The van der Waals surface area contributed by atoms with Gasteiger partial charge in [-0.1, -0.05) is 64.1 Å². The average molecular weight is 343 g/mol. The first-order valence-corrected chi connectivity index (χ1v) is 8.91. The molecule has 0 bridgehead atoms. The van der Waals surface area contributed by atoms with Crippen LogP contribution >= 0.6 is 0 Å². The summed E-state index contributed by atoms with van der Waals surface area (Å²) in [5.41, 5.74) is 5.90. The lowest BCUT2D eigenvalue weighted by molar-refractivity contribution is -0.156. The van der Waals surface area contributed by atoms with Crippen molar-refractivity contribution in [2.45, 2.75) is 52.9 Å². The summed E-state index contributed by atoms with van der Waals surface area (Å²) in [6, 6.07) is 13.4. The van der Waals surface area contributed by atoms with Crippen molar-refractivity contribution in [3.63, 3.8) is 0 Å². The first kappa shape index (κ1) is 19.3. The van der Waals surface area contributed by atoms with Crippen molar-refractivity contribution >= 4 is 16.7 Å². The van der Waals surface area contributed by atoms with E-state index in [2.05, 4.69) is 26.0 Å². The van der Waals surface area contributed by atoms with Gasteiger partial charge in [-0.3, -0.25) is 4.79 Å². The highest BCUT2D eigenvalue weighted by molar-refractivity contribution is 5.88. The van der Waals surface area contributed by atoms with Crippen molar-refractivity contribution in [2.24, 2.45) is 17.6 Å². The summed E-state index contributed by atoms with van der Waals surface area (Å²) < 4.78 is 11.9. The number of nitrogens with two attached hydrogens (primary N) is 1. The van der Waals surface area contributed by atoms with E-state index in [1.54, 1.807) is 0 Å². The number of esters is 1. The van der Waals surface area contributed by atoms with Crippen LogP contribution in [0.25, 0.3) is 10.8 Å². The van der Waals surface area contributed by atoms with E-state index in [0.717, 1.165) is 16.5 Å². The Labute approximate surface area is 150 Å². The van der Waals surface area contributed by atoms with Crippen LogP contribution in [0.1, 0.15) is 34.6 Å². The predicted molar refractivity (Wildman–Crippen MR) is 102 cm³/mol. The van der Waals surface area contributed by atoms with Crippen molar-refractivity contribution in [1.82, 2.24) is 0 Å². The maximum atomic E-state index is 12.2. The summed E-state index contributed by atoms with van der Waals surface area (Å²) in [6.07, 6.45) is -0.648. The molecule has 0 saturated carbocycles. The van der Waals surface area contributed by atoms with Gasteiger partial charge in [0.15, 0.2) is 0 Å². The topological polar surface area (TPSA) is 61.6 Å². The lowest BCUT2D eigenvalue weighted by Crippen LogP contribution is -2.43. The SMILES string of the molecule is CC(C)[C@H](N)C(=O)O[C@@H](C)[C@H](Oc1cccc2ccccc12)C(C)C. The molecule has 2 aromatic rings. The molecule has 4 heteroatoms. The number of carbonyl (C=O) groups excluding carboxylic acids is 1. The average Bonchev–Trinajstić information content (AvgIpc) is 2.58. The monoisotopic (exact) mass is 343 g/mol. The Morgan fingerprint density at radius 3 is 2.20 bits per heavy atom. The lowest BCUT2D eigenvalue weighted by Gasteiger charge is -2.29. The molecule has 0 spiro atoms. The summed E-state index contributed by atoms with van der Waals surface area (Å²) in [4.78, 5) is 12.2. The van der Waals surface area contributed by atoms with E-state index >= 15 is 0 Å². The molecule has 0 aliphatic carbocycles. The Kier molecular flexibility index (Phi) is 6.43. The van der Waals surface area contributed by atoms with Gasteiger partial charge in [0.2, 0.25) is 0 Å². The molecule has 0 aromatic heterocycles. The van der Waals surface area contributed by atoms with Gasteiger partial charge in [0.05, 0.1) is 0 Å². The fourth-order valence-corrected chi connectivity index (χ4v) is 2.82. The van der Waals surface area contributed by atoms with Gasteiger partial charge in [-0.2, -0.15) is 0 Å². The molecule has 0 radical (unpaired) electrons. The van der Waals surface area contributed by atoms with Gasteiger partial charge in [0, 0.05) is 5.39 Å². The maximum absolute atomic E-state index is 12.2. The van der Waals surface area contributed by atoms with Crippen LogP contribution < -0.4 is 10.5 Å². The fourth-order valence-electron chi connectivity index (χ4n) is 2.82. The molecule has 0 amide bonds. The second kappa shape index (κ2) is 8.34. The zero-order chi connectivity index (χ0) is 18.6. The second-order valence-corrected chi connectivity index (χ2v) is 7.22. The molecule has 25 heavy (non-hydrogen) atoms. The molecular weight excluding hydrogens is 314 g/mol. The minimum Gasteiger partial charge on any atom is -0.486 e. The summed E-state index contributed by atoms with van der Waals surface area (Å²) in [7, 11) is 0. The number of benzene rings is 2. The molecule has 0 heterocycles. The third-order valence-electron chi connectivity index (χ3n) is 4.42. The van der Waals surface area contributed by atoms with E-state index < -0.39 is 12.1 Å². The zero-order valence-corrected chi connectivity index (χ0v) is 15.7. The smallest absolute Gasteiger partial charge is 0.323 e. The summed E-state index contributed by atoms with van der Waals surface area (Å²) in [6.45, 7) is 9.79. The van der Waals surface area contributed by atoms with E-state index in [-0.39, 0.29) is 23.9 Å². The number of ether oxygens (including phenoxy) is 2. The van der Waals surface area contributed by atoms with Gasteiger partial charge < -0.3 is 15.2 Å². The lowest BCUT2D eigenvalue weighted by atomic mass is 10.0. The van der Waals surface area contributed by atoms with Gasteiger partial charge in [-0.15, -0.1) is 0 Å². The minimum absolute atomic E-state index is 0.0381. The predicted octanol–water partition coefficient (Wildman–Crippen LogP) is 4.16. The van der Waals surface area contributed by atoms with E-state index in [1.165, 1.54) is 0 Å². The fraction of sp³-hybridized carbons (Fsp3) is 0.476. The molecule has 0 aliphatic heterocycles. The van der Waals surface area contributed by atoms with Crippen LogP contribution in [-0.2, 0) is 9.53 Å². The molecule has 0 unspecified atom stereocenters. The van der Waals surface area contributed by atoms with Crippen LogP contribution in [0.5, 0.6) is 5.75 Å². The molecule has 2 rings (SSSR count). The van der Waals surface area contributed by atoms with Crippen LogP contribution in [0.15, 0.2) is 42.5 Å². The van der Waals surface area contributed by atoms with Crippen molar-refractivity contribution in [2.75, 3.05) is 0 Å². The number of carbonyl (C=O) groups is 1. The van der Waals surface area contributed by atoms with Crippen molar-refractivity contribution < 1.29 is 14.3 Å². The van der Waals surface area contributed by atoms with Crippen LogP contribution in [0.4, 0.5) is 0 Å². The quantitative estimate of drug-likeness (QED) is 0.767. The van der Waals surface area contributed by atoms with E-state index in [1.807, 2.05) is 51.1 Å². The number of fused-ring (bicyclic) bond motifs is 1. The van der Waals surface area contributed by atoms with E-state index in [0.29, 0.717) is 0 Å². The third-order valence-corrected chi connectivity index (χ3v) is 4.42. The molecule has 0 saturated heterocycles. The van der Waals surface area contributed by atoms with Gasteiger partial charge >= 0.3 is 5.97 Å². The van der Waals surface area contributed by atoms with E-state index in [9.17, 15) is 4.79 Å². The normalized spacial score (nSPS) is 15.2. The summed E-state index contributed by atoms with van der Waals surface area (Å²) >= 11 is 0. The molecule has 4 nitrogen and oxygen atoms in total. The van der Waals surface area contributed by atoms with Crippen LogP contribution in [-0.4, -0.2) is 24.2 Å². The first-order chi connectivity index (χ1) is 11.8. The highest BCUT2D eigenvalue weighted by atomic mass is 16.6. The Morgan fingerprint density at radius 1 is 0.920 bits per heavy atom. The standard InChI is InChI=1S/C21H29NO3/c1-13(2)19(22)21(23)24-15(5)20(14(3)4)25-18-12-8-10-16-9-6-7-11-17(16)18/h6-15,19-20H,22H2,1-5H3/t15-,19-,20+/m0/s1. The second-order valence-electron chi connectivity index (χ2n) is 7.22. The molecular formula is C21H29NO3. The number of hydrogen-bond donors (Lipinski definition) is 1. The Morgan fingerprint density at radius 2 is 1.56 bits per heavy atom. The molecule has 0 fully saturated rings. The molecule has 0 aliphatic rings. The third kappa shape index (κ3) is 4.73. The molecule has 136 valence electrons. The number of rotatable bonds is 7. The van der Waals surface area contributed by atoms with Crippen molar-refractivity contribution in [1.29, 1.82) is 0 Å². The first-order valence-electron chi connectivity index (χ1n) is 8.91. The minimum atomic E-state index is -0.618.